The Hall–Kier alpha value is -1.55. The Morgan fingerprint density at radius 2 is 1.89 bits per heavy atom. The number of hydrogen-bond donors (Lipinski definition) is 1. The number of nitrogens with one attached hydrogen (secondary N) is 1. The summed E-state index contributed by atoms with van der Waals surface area (Å²) in [4.78, 5) is 0. The zero-order valence-electron chi connectivity index (χ0n) is 10.6. The summed E-state index contributed by atoms with van der Waals surface area (Å²) in [6, 6.07) is 12.7. The zero-order chi connectivity index (χ0) is 13.7. The van der Waals surface area contributed by atoms with Crippen LogP contribution in [-0.4, -0.2) is 13.7 Å². The lowest BCUT2D eigenvalue weighted by atomic mass is 10.1. The molecule has 0 aliphatic heterocycles. The largest absolute Gasteiger partial charge is 0.497 e. The lowest BCUT2D eigenvalue weighted by Crippen LogP contribution is -2.06. The topological polar surface area (TPSA) is 21.3 Å². The van der Waals surface area contributed by atoms with Crippen LogP contribution in [0, 0.1) is 5.82 Å². The molecule has 0 spiro atoms. The standard InChI is InChI=1S/C15H15BrFNO/c1-19-13-5-2-11(3-6-13)8-9-18-15-10-12(16)4-7-14(15)17/h2-7,10,18H,8-9H2,1H3. The fourth-order valence-corrected chi connectivity index (χ4v) is 2.13. The Kier molecular flexibility index (Phi) is 4.80. The Bertz CT molecular complexity index is 542. The van der Waals surface area contributed by atoms with Crippen LogP contribution >= 0.6 is 15.9 Å². The predicted molar refractivity (Wildman–Crippen MR) is 79.3 cm³/mol. The number of hydrogen-bond acceptors (Lipinski definition) is 2. The normalized spacial score (nSPS) is 10.3. The Balaban J connectivity index is 1.90. The van der Waals surface area contributed by atoms with Crippen LogP contribution in [-0.2, 0) is 6.42 Å². The summed E-state index contributed by atoms with van der Waals surface area (Å²) in [5.41, 5.74) is 1.70. The van der Waals surface area contributed by atoms with Crippen molar-refractivity contribution < 1.29 is 9.13 Å². The average molecular weight is 324 g/mol. The molecule has 4 heteroatoms. The van der Waals surface area contributed by atoms with Crippen molar-refractivity contribution in [2.45, 2.75) is 6.42 Å². The zero-order valence-corrected chi connectivity index (χ0v) is 12.2. The highest BCUT2D eigenvalue weighted by atomic mass is 79.9. The molecule has 0 saturated heterocycles. The van der Waals surface area contributed by atoms with E-state index in [9.17, 15) is 4.39 Å². The molecule has 2 rings (SSSR count). The molecule has 2 aromatic rings. The molecule has 0 saturated carbocycles. The SMILES string of the molecule is COc1ccc(CCNc2cc(Br)ccc2F)cc1. The summed E-state index contributed by atoms with van der Waals surface area (Å²) in [6.45, 7) is 0.680. The van der Waals surface area contributed by atoms with Gasteiger partial charge in [0.1, 0.15) is 11.6 Å². The molecule has 2 aromatic carbocycles. The fraction of sp³-hybridized carbons (Fsp3) is 0.200. The molecule has 0 fully saturated rings. The van der Waals surface area contributed by atoms with Crippen LogP contribution in [0.2, 0.25) is 0 Å². The van der Waals surface area contributed by atoms with E-state index in [2.05, 4.69) is 21.2 Å². The fourth-order valence-electron chi connectivity index (χ4n) is 1.77. The Morgan fingerprint density at radius 1 is 1.16 bits per heavy atom. The number of ether oxygens (including phenoxy) is 1. The minimum Gasteiger partial charge on any atom is -0.497 e. The van der Waals surface area contributed by atoms with Gasteiger partial charge in [-0.3, -0.25) is 0 Å². The summed E-state index contributed by atoms with van der Waals surface area (Å²) in [6.07, 6.45) is 0.829. The molecule has 0 aliphatic carbocycles. The van der Waals surface area contributed by atoms with Crippen LogP contribution in [0.3, 0.4) is 0 Å². The molecule has 0 aromatic heterocycles. The van der Waals surface area contributed by atoms with Gasteiger partial charge in [0, 0.05) is 11.0 Å². The first-order chi connectivity index (χ1) is 9.19. The molecule has 0 atom stereocenters. The van der Waals surface area contributed by atoms with Gasteiger partial charge < -0.3 is 10.1 Å². The van der Waals surface area contributed by atoms with Gasteiger partial charge in [-0.15, -0.1) is 0 Å². The van der Waals surface area contributed by atoms with Crippen molar-refractivity contribution in [2.75, 3.05) is 19.0 Å². The van der Waals surface area contributed by atoms with Crippen LogP contribution < -0.4 is 10.1 Å². The molecule has 0 bridgehead atoms. The summed E-state index contributed by atoms with van der Waals surface area (Å²) in [5.74, 6) is 0.604. The highest BCUT2D eigenvalue weighted by Crippen LogP contribution is 2.20. The quantitative estimate of drug-likeness (QED) is 0.888. The van der Waals surface area contributed by atoms with E-state index in [1.807, 2.05) is 24.3 Å². The van der Waals surface area contributed by atoms with Crippen molar-refractivity contribution in [2.24, 2.45) is 0 Å². The van der Waals surface area contributed by atoms with E-state index in [1.54, 1.807) is 19.2 Å². The van der Waals surface area contributed by atoms with Gasteiger partial charge in [0.05, 0.1) is 12.8 Å². The third kappa shape index (κ3) is 3.96. The smallest absolute Gasteiger partial charge is 0.146 e. The predicted octanol–water partition coefficient (Wildman–Crippen LogP) is 4.25. The number of methoxy groups -OCH3 is 1. The number of halogens is 2. The molecule has 0 radical (unpaired) electrons. The molecule has 100 valence electrons. The van der Waals surface area contributed by atoms with Crippen LogP contribution in [0.15, 0.2) is 46.9 Å². The van der Waals surface area contributed by atoms with Gasteiger partial charge in [-0.05, 0) is 42.3 Å². The highest BCUT2D eigenvalue weighted by molar-refractivity contribution is 9.10. The molecule has 0 unspecified atom stereocenters. The molecule has 0 aliphatic rings. The van der Waals surface area contributed by atoms with Gasteiger partial charge >= 0.3 is 0 Å². The van der Waals surface area contributed by atoms with Crippen molar-refractivity contribution in [3.63, 3.8) is 0 Å². The van der Waals surface area contributed by atoms with Crippen LogP contribution in [0.25, 0.3) is 0 Å². The van der Waals surface area contributed by atoms with E-state index < -0.39 is 0 Å². The average Bonchev–Trinajstić information content (AvgIpc) is 2.43. The summed E-state index contributed by atoms with van der Waals surface area (Å²) in [7, 11) is 1.65. The van der Waals surface area contributed by atoms with Crippen LogP contribution in [0.1, 0.15) is 5.56 Å². The van der Waals surface area contributed by atoms with Crippen molar-refractivity contribution in [1.29, 1.82) is 0 Å². The maximum atomic E-state index is 13.5. The Morgan fingerprint density at radius 3 is 2.58 bits per heavy atom. The Labute approximate surface area is 120 Å². The minimum absolute atomic E-state index is 0.238. The summed E-state index contributed by atoms with van der Waals surface area (Å²) in [5, 5.41) is 3.09. The second-order valence-electron chi connectivity index (χ2n) is 4.15. The maximum Gasteiger partial charge on any atom is 0.146 e. The highest BCUT2D eigenvalue weighted by Gasteiger charge is 2.02. The molecule has 1 N–H and O–H groups in total. The monoisotopic (exact) mass is 323 g/mol. The van der Waals surface area contributed by atoms with Crippen LogP contribution in [0.5, 0.6) is 5.75 Å². The first-order valence-corrected chi connectivity index (χ1v) is 6.80. The molecule has 2 nitrogen and oxygen atoms in total. The molecule has 0 heterocycles. The van der Waals surface area contributed by atoms with E-state index in [1.165, 1.54) is 11.6 Å². The van der Waals surface area contributed by atoms with Crippen molar-refractivity contribution >= 4 is 21.6 Å². The van der Waals surface area contributed by atoms with Gasteiger partial charge in [-0.2, -0.15) is 0 Å². The first-order valence-electron chi connectivity index (χ1n) is 6.01. The summed E-state index contributed by atoms with van der Waals surface area (Å²) >= 11 is 3.33. The number of benzene rings is 2. The van der Waals surface area contributed by atoms with Crippen molar-refractivity contribution in [3.05, 3.63) is 58.3 Å². The molecule has 0 amide bonds. The van der Waals surface area contributed by atoms with Crippen molar-refractivity contribution in [1.82, 2.24) is 0 Å². The molecule has 19 heavy (non-hydrogen) atoms. The van der Waals surface area contributed by atoms with Gasteiger partial charge in [-0.25, -0.2) is 4.39 Å². The van der Waals surface area contributed by atoms with E-state index in [4.69, 9.17) is 4.74 Å². The number of anilines is 1. The number of rotatable bonds is 5. The van der Waals surface area contributed by atoms with Gasteiger partial charge in [-0.1, -0.05) is 28.1 Å². The van der Waals surface area contributed by atoms with Gasteiger partial charge in [0.15, 0.2) is 0 Å². The second kappa shape index (κ2) is 6.57. The first kappa shape index (κ1) is 13.9. The third-order valence-electron chi connectivity index (χ3n) is 2.82. The van der Waals surface area contributed by atoms with E-state index in [0.29, 0.717) is 12.2 Å². The van der Waals surface area contributed by atoms with Crippen molar-refractivity contribution in [3.8, 4) is 5.75 Å². The van der Waals surface area contributed by atoms with Gasteiger partial charge in [0.2, 0.25) is 0 Å². The van der Waals surface area contributed by atoms with E-state index in [-0.39, 0.29) is 5.82 Å². The van der Waals surface area contributed by atoms with E-state index >= 15 is 0 Å². The van der Waals surface area contributed by atoms with Crippen LogP contribution in [0.4, 0.5) is 10.1 Å². The maximum absolute atomic E-state index is 13.5. The second-order valence-corrected chi connectivity index (χ2v) is 5.06. The van der Waals surface area contributed by atoms with Gasteiger partial charge in [0.25, 0.3) is 0 Å². The van der Waals surface area contributed by atoms with E-state index in [0.717, 1.165) is 16.6 Å². The third-order valence-corrected chi connectivity index (χ3v) is 3.31. The molecular weight excluding hydrogens is 309 g/mol. The molecular formula is C15H15BrFNO. The lowest BCUT2D eigenvalue weighted by Gasteiger charge is -2.08. The summed E-state index contributed by atoms with van der Waals surface area (Å²) < 4.78 is 19.5. The lowest BCUT2D eigenvalue weighted by molar-refractivity contribution is 0.414. The minimum atomic E-state index is -0.238.